The summed E-state index contributed by atoms with van der Waals surface area (Å²) in [4.78, 5) is 0. The Bertz CT molecular complexity index is 657. The molecule has 0 aliphatic carbocycles. The first-order chi connectivity index (χ1) is 12.6. The van der Waals surface area contributed by atoms with E-state index in [1.54, 1.807) is 0 Å². The molecule has 5 atom stereocenters. The number of aliphatic hydroxyl groups excluding tert-OH is 5. The van der Waals surface area contributed by atoms with Gasteiger partial charge in [0.05, 0.1) is 6.61 Å². The third kappa shape index (κ3) is 7.89. The third-order valence-electron chi connectivity index (χ3n) is 3.40. The lowest BCUT2D eigenvalue weighted by Crippen LogP contribution is -2.59. The van der Waals surface area contributed by atoms with Crippen molar-refractivity contribution in [1.82, 2.24) is 0 Å². The van der Waals surface area contributed by atoms with Crippen LogP contribution in [0.5, 0.6) is 0 Å². The molecule has 0 aromatic carbocycles. The molecule has 0 aromatic rings. The summed E-state index contributed by atoms with van der Waals surface area (Å²) in [7, 11) is 0. The molecule has 140 valence electrons. The van der Waals surface area contributed by atoms with E-state index >= 15 is 0 Å². The average Bonchev–Trinajstić information content (AvgIpc) is 2.65. The maximum atomic E-state index is 9.80. The van der Waals surface area contributed by atoms with Crippen LogP contribution in [-0.2, 0) is 9.47 Å². The molecule has 7 nitrogen and oxygen atoms in total. The lowest BCUT2D eigenvalue weighted by atomic mass is 9.99. The molecule has 1 saturated heterocycles. The highest BCUT2D eigenvalue weighted by Gasteiger charge is 2.43. The third-order valence-corrected chi connectivity index (χ3v) is 3.40. The minimum atomic E-state index is -1.44. The Labute approximate surface area is 152 Å². The van der Waals surface area contributed by atoms with Gasteiger partial charge < -0.3 is 35.0 Å². The van der Waals surface area contributed by atoms with Gasteiger partial charge in [-0.15, -0.1) is 0 Å². The zero-order valence-electron chi connectivity index (χ0n) is 14.2. The van der Waals surface area contributed by atoms with Crippen LogP contribution in [0.3, 0.4) is 0 Å². The van der Waals surface area contributed by atoms with Crippen molar-refractivity contribution in [2.45, 2.75) is 50.0 Å². The summed E-state index contributed by atoms with van der Waals surface area (Å²) in [5, 5.41) is 46.6. The second-order valence-electron chi connectivity index (χ2n) is 5.29. The van der Waals surface area contributed by atoms with Gasteiger partial charge in [0.1, 0.15) is 31.0 Å². The zero-order valence-corrected chi connectivity index (χ0v) is 14.2. The molecule has 1 aliphatic rings. The van der Waals surface area contributed by atoms with Gasteiger partial charge >= 0.3 is 0 Å². The molecule has 1 fully saturated rings. The number of rotatable bonds is 6. The average molecular weight is 362 g/mol. The molecular formula is C19H22O7. The number of unbranched alkanes of at least 4 members (excludes halogenated alkanes) is 2. The normalized spacial score (nSPS) is 26.7. The van der Waals surface area contributed by atoms with Gasteiger partial charge in [-0.05, 0) is 48.4 Å². The summed E-state index contributed by atoms with van der Waals surface area (Å²) >= 11 is 0. The summed E-state index contributed by atoms with van der Waals surface area (Å²) < 4.78 is 10.6. The Kier molecular flexibility index (Phi) is 11.2. The van der Waals surface area contributed by atoms with Crippen molar-refractivity contribution in [1.29, 1.82) is 0 Å². The van der Waals surface area contributed by atoms with Crippen LogP contribution >= 0.6 is 0 Å². The second kappa shape index (κ2) is 13.2. The Hall–Kier alpha value is -2.04. The fourth-order valence-corrected chi connectivity index (χ4v) is 2.04. The molecule has 0 saturated carbocycles. The van der Waals surface area contributed by atoms with Crippen LogP contribution in [0.2, 0.25) is 0 Å². The van der Waals surface area contributed by atoms with Crippen molar-refractivity contribution in [3.63, 3.8) is 0 Å². The number of hydrogen-bond donors (Lipinski definition) is 5. The Balaban J connectivity index is 2.22. The van der Waals surface area contributed by atoms with E-state index in [2.05, 4.69) is 47.4 Å². The van der Waals surface area contributed by atoms with Gasteiger partial charge in [-0.2, -0.15) is 0 Å². The Morgan fingerprint density at radius 1 is 0.769 bits per heavy atom. The van der Waals surface area contributed by atoms with Crippen LogP contribution in [0, 0.1) is 47.4 Å². The fraction of sp³-hybridized carbons (Fsp3) is 0.579. The molecule has 7 heteroatoms. The SMILES string of the molecule is OCC#CC#CC#CC#CCCCCOC1O[C@H](CO)[C@@H](O)[C@H](O)[C@H]1O. The van der Waals surface area contributed by atoms with Gasteiger partial charge in [0.15, 0.2) is 6.29 Å². The van der Waals surface area contributed by atoms with Gasteiger partial charge in [0.25, 0.3) is 0 Å². The van der Waals surface area contributed by atoms with Crippen LogP contribution in [-0.4, -0.2) is 76.1 Å². The first kappa shape index (κ1) is 22.0. The van der Waals surface area contributed by atoms with Crippen LogP contribution in [0.4, 0.5) is 0 Å². The van der Waals surface area contributed by atoms with Crippen molar-refractivity contribution in [2.75, 3.05) is 19.8 Å². The maximum Gasteiger partial charge on any atom is 0.186 e. The fourth-order valence-electron chi connectivity index (χ4n) is 2.04. The van der Waals surface area contributed by atoms with Crippen molar-refractivity contribution in [3.05, 3.63) is 0 Å². The largest absolute Gasteiger partial charge is 0.394 e. The van der Waals surface area contributed by atoms with Gasteiger partial charge in [-0.25, -0.2) is 0 Å². The predicted octanol–water partition coefficient (Wildman–Crippen LogP) is -2.02. The van der Waals surface area contributed by atoms with E-state index in [9.17, 15) is 15.3 Å². The van der Waals surface area contributed by atoms with Crippen molar-refractivity contribution in [3.8, 4) is 47.4 Å². The quantitative estimate of drug-likeness (QED) is 0.273. The highest BCUT2D eigenvalue weighted by Crippen LogP contribution is 2.22. The van der Waals surface area contributed by atoms with Crippen LogP contribution in [0.15, 0.2) is 0 Å². The lowest BCUT2D eigenvalue weighted by Gasteiger charge is -2.39. The predicted molar refractivity (Wildman–Crippen MR) is 91.8 cm³/mol. The monoisotopic (exact) mass is 362 g/mol. The maximum absolute atomic E-state index is 9.80. The lowest BCUT2D eigenvalue weighted by molar-refractivity contribution is -0.301. The molecule has 1 aliphatic heterocycles. The van der Waals surface area contributed by atoms with E-state index in [1.807, 2.05) is 0 Å². The standard InChI is InChI=1S/C19H22O7/c20-12-10-8-6-4-2-1-3-5-7-9-11-13-25-19-18(24)17(23)16(22)15(14-21)26-19/h15-24H,7,9,11-14H2/t15-,16-,17+,18-,19?/m1/s1. The molecule has 0 aromatic heterocycles. The Morgan fingerprint density at radius 2 is 1.42 bits per heavy atom. The summed E-state index contributed by atoms with van der Waals surface area (Å²) in [6.07, 6.45) is -4.30. The molecule has 1 heterocycles. The first-order valence-electron chi connectivity index (χ1n) is 8.10. The molecule has 0 radical (unpaired) electrons. The molecule has 5 N–H and O–H groups in total. The molecule has 1 unspecified atom stereocenters. The van der Waals surface area contributed by atoms with E-state index in [0.717, 1.165) is 6.42 Å². The molecule has 0 bridgehead atoms. The van der Waals surface area contributed by atoms with Crippen molar-refractivity contribution >= 4 is 0 Å². The van der Waals surface area contributed by atoms with E-state index in [4.69, 9.17) is 19.7 Å². The Morgan fingerprint density at radius 3 is 2.08 bits per heavy atom. The van der Waals surface area contributed by atoms with E-state index < -0.39 is 37.3 Å². The molecule has 0 amide bonds. The van der Waals surface area contributed by atoms with E-state index in [0.29, 0.717) is 12.8 Å². The highest BCUT2D eigenvalue weighted by atomic mass is 16.7. The highest BCUT2D eigenvalue weighted by molar-refractivity contribution is 5.39. The van der Waals surface area contributed by atoms with Crippen molar-refractivity contribution < 1.29 is 35.0 Å². The van der Waals surface area contributed by atoms with Crippen LogP contribution in [0.1, 0.15) is 19.3 Å². The molecule has 26 heavy (non-hydrogen) atoms. The second-order valence-corrected chi connectivity index (χ2v) is 5.29. The summed E-state index contributed by atoms with van der Waals surface area (Å²) in [6, 6.07) is 0. The van der Waals surface area contributed by atoms with Gasteiger partial charge in [0.2, 0.25) is 0 Å². The van der Waals surface area contributed by atoms with E-state index in [-0.39, 0.29) is 13.2 Å². The smallest absolute Gasteiger partial charge is 0.186 e. The molecular weight excluding hydrogens is 340 g/mol. The van der Waals surface area contributed by atoms with E-state index in [1.165, 1.54) is 0 Å². The molecule has 0 spiro atoms. The van der Waals surface area contributed by atoms with Crippen LogP contribution in [0.25, 0.3) is 0 Å². The van der Waals surface area contributed by atoms with Gasteiger partial charge in [-0.1, -0.05) is 11.8 Å². The number of ether oxygens (including phenoxy) is 2. The van der Waals surface area contributed by atoms with Crippen molar-refractivity contribution in [2.24, 2.45) is 0 Å². The first-order valence-corrected chi connectivity index (χ1v) is 8.10. The van der Waals surface area contributed by atoms with Gasteiger partial charge in [-0.3, -0.25) is 0 Å². The summed E-state index contributed by atoms with van der Waals surface area (Å²) in [5.74, 6) is 20.3. The summed E-state index contributed by atoms with van der Waals surface area (Å²) in [6.45, 7) is -0.452. The minimum absolute atomic E-state index is 0.234. The van der Waals surface area contributed by atoms with Gasteiger partial charge in [0, 0.05) is 13.0 Å². The number of aliphatic hydroxyl groups is 5. The van der Waals surface area contributed by atoms with Crippen LogP contribution < -0.4 is 0 Å². The number of hydrogen-bond acceptors (Lipinski definition) is 7. The topological polar surface area (TPSA) is 120 Å². The zero-order chi connectivity index (χ0) is 19.2. The molecule has 1 rings (SSSR count). The summed E-state index contributed by atoms with van der Waals surface area (Å²) in [5.41, 5.74) is 0. The minimum Gasteiger partial charge on any atom is -0.394 e.